The molecule has 0 amide bonds. The normalized spacial score (nSPS) is 20.1. The summed E-state index contributed by atoms with van der Waals surface area (Å²) < 4.78 is 0. The van der Waals surface area contributed by atoms with Crippen LogP contribution in [0.4, 0.5) is 0 Å². The van der Waals surface area contributed by atoms with E-state index in [2.05, 4.69) is 79.8 Å². The van der Waals surface area contributed by atoms with Gasteiger partial charge < -0.3 is 10.2 Å². The zero-order valence-corrected chi connectivity index (χ0v) is 24.6. The van der Waals surface area contributed by atoms with E-state index < -0.39 is 11.7 Å². The van der Waals surface area contributed by atoms with Gasteiger partial charge in [0.05, 0.1) is 0 Å². The maximum atomic E-state index is 13.1. The van der Waals surface area contributed by atoms with Crippen LogP contribution in [-0.2, 0) is 5.60 Å². The number of aliphatic hydroxyl groups is 2. The average Bonchev–Trinajstić information content (AvgIpc) is 3.30. The summed E-state index contributed by atoms with van der Waals surface area (Å²) in [4.78, 5) is 0. The molecule has 4 aromatic carbocycles. The van der Waals surface area contributed by atoms with Crippen LogP contribution in [0.25, 0.3) is 22.3 Å². The quantitative estimate of drug-likeness (QED) is 0.224. The zero-order valence-electron chi connectivity index (χ0n) is 24.6. The summed E-state index contributed by atoms with van der Waals surface area (Å²) in [6, 6.07) is 36.8. The molecule has 2 aliphatic rings. The number of allylic oxidation sites excluding steroid dienone is 7. The summed E-state index contributed by atoms with van der Waals surface area (Å²) >= 11 is 0. The lowest BCUT2D eigenvalue weighted by molar-refractivity contribution is -0.0181. The van der Waals surface area contributed by atoms with E-state index >= 15 is 0 Å². The van der Waals surface area contributed by atoms with Gasteiger partial charge in [-0.2, -0.15) is 0 Å². The average molecular weight is 563 g/mol. The lowest BCUT2D eigenvalue weighted by Gasteiger charge is -2.41. The van der Waals surface area contributed by atoms with Crippen molar-refractivity contribution in [3.8, 4) is 22.3 Å². The molecule has 0 radical (unpaired) electrons. The Kier molecular flexibility index (Phi) is 8.51. The van der Waals surface area contributed by atoms with Crippen LogP contribution < -0.4 is 0 Å². The second-order valence-electron chi connectivity index (χ2n) is 11.5. The van der Waals surface area contributed by atoms with E-state index in [0.717, 1.165) is 50.9 Å². The van der Waals surface area contributed by atoms with Gasteiger partial charge in [0.15, 0.2) is 0 Å². The van der Waals surface area contributed by atoms with Gasteiger partial charge >= 0.3 is 0 Å². The molecule has 0 bridgehead atoms. The van der Waals surface area contributed by atoms with Crippen LogP contribution in [0.5, 0.6) is 0 Å². The van der Waals surface area contributed by atoms with Gasteiger partial charge in [0, 0.05) is 12.3 Å². The fourth-order valence-corrected chi connectivity index (χ4v) is 6.64. The van der Waals surface area contributed by atoms with E-state index in [1.807, 2.05) is 85.0 Å². The number of hydrogen-bond acceptors (Lipinski definition) is 2. The van der Waals surface area contributed by atoms with Crippen molar-refractivity contribution in [3.05, 3.63) is 180 Å². The predicted octanol–water partition coefficient (Wildman–Crippen LogP) is 9.52. The molecule has 0 fully saturated rings. The minimum atomic E-state index is -1.24. The summed E-state index contributed by atoms with van der Waals surface area (Å²) in [5, 5.41) is 25.2. The molecule has 2 heteroatoms. The predicted molar refractivity (Wildman–Crippen MR) is 178 cm³/mol. The molecule has 43 heavy (non-hydrogen) atoms. The smallest absolute Gasteiger partial charge is 0.105 e. The van der Waals surface area contributed by atoms with Crippen molar-refractivity contribution in [1.29, 1.82) is 0 Å². The minimum absolute atomic E-state index is 0.125. The van der Waals surface area contributed by atoms with Gasteiger partial charge in [-0.05, 0) is 56.9 Å². The molecule has 4 unspecified atom stereocenters. The van der Waals surface area contributed by atoms with Crippen molar-refractivity contribution >= 4 is 0 Å². The topological polar surface area (TPSA) is 40.5 Å². The van der Waals surface area contributed by atoms with Crippen molar-refractivity contribution in [2.24, 2.45) is 11.8 Å². The molecular weight excluding hydrogens is 524 g/mol. The third kappa shape index (κ3) is 5.90. The Hall–Kier alpha value is -4.50. The van der Waals surface area contributed by atoms with E-state index in [4.69, 9.17) is 0 Å². The van der Waals surface area contributed by atoms with Gasteiger partial charge in [0.1, 0.15) is 11.7 Å². The first kappa shape index (κ1) is 28.6. The molecule has 4 atom stereocenters. The van der Waals surface area contributed by atoms with Crippen molar-refractivity contribution in [2.45, 2.75) is 31.5 Å². The molecule has 0 saturated heterocycles. The summed E-state index contributed by atoms with van der Waals surface area (Å²) in [6.45, 7) is 2.17. The van der Waals surface area contributed by atoms with Crippen LogP contribution in [0.2, 0.25) is 0 Å². The molecule has 2 aliphatic carbocycles. The fraction of sp³-hybridized carbons (Fsp3) is 0.171. The number of rotatable bonds is 8. The van der Waals surface area contributed by atoms with Crippen LogP contribution in [0.15, 0.2) is 169 Å². The molecule has 6 rings (SSSR count). The lowest BCUT2D eigenvalue weighted by atomic mass is 9.67. The largest absolute Gasteiger partial charge is 0.384 e. The number of benzene rings is 4. The second kappa shape index (κ2) is 12.8. The molecule has 2 nitrogen and oxygen atoms in total. The van der Waals surface area contributed by atoms with Gasteiger partial charge in [0.2, 0.25) is 0 Å². The first-order chi connectivity index (χ1) is 21.1. The molecular formula is C41H38O2. The fourth-order valence-electron chi connectivity index (χ4n) is 6.64. The van der Waals surface area contributed by atoms with Gasteiger partial charge in [-0.1, -0.05) is 165 Å². The monoisotopic (exact) mass is 562 g/mol. The maximum Gasteiger partial charge on any atom is 0.105 e. The summed E-state index contributed by atoms with van der Waals surface area (Å²) in [6.07, 6.45) is 17.0. The van der Waals surface area contributed by atoms with Crippen LogP contribution in [0.3, 0.4) is 0 Å². The first-order valence-corrected chi connectivity index (χ1v) is 15.2. The molecule has 214 valence electrons. The van der Waals surface area contributed by atoms with E-state index in [0.29, 0.717) is 6.42 Å². The highest BCUT2D eigenvalue weighted by Crippen LogP contribution is 2.48. The molecule has 0 saturated carbocycles. The molecule has 0 aliphatic heterocycles. The standard InChI is InChI=1S/C41H38O2/c1-30-17-11-15-27-38(30)41(43,39-28-16-14-24-35(39)32-20-7-3-8-21-32)29-33-22-9-4-10-25-36(33)40(42)37-26-13-12-23-34(37)31-18-5-2-6-19-31/h2-8,10-28,30,38,40,42-43H,9,29H2,1H3. The SMILES string of the molecule is CC1C=CC=CC1C(O)(CC1=CCC=CC=C1C(O)c1ccccc1-c1ccccc1)c1ccccc1-c1ccccc1. The van der Waals surface area contributed by atoms with Gasteiger partial charge in [-0.25, -0.2) is 0 Å². The van der Waals surface area contributed by atoms with Crippen molar-refractivity contribution < 1.29 is 10.2 Å². The molecule has 0 aromatic heterocycles. The van der Waals surface area contributed by atoms with Gasteiger partial charge in [-0.3, -0.25) is 0 Å². The summed E-state index contributed by atoms with van der Waals surface area (Å²) in [7, 11) is 0. The van der Waals surface area contributed by atoms with Crippen LogP contribution in [0.1, 0.15) is 37.0 Å². The number of hydrogen-bond donors (Lipinski definition) is 2. The lowest BCUT2D eigenvalue weighted by Crippen LogP contribution is -2.39. The van der Waals surface area contributed by atoms with E-state index in [-0.39, 0.29) is 11.8 Å². The minimum Gasteiger partial charge on any atom is -0.384 e. The number of aliphatic hydroxyl groups excluding tert-OH is 1. The van der Waals surface area contributed by atoms with E-state index in [9.17, 15) is 10.2 Å². The highest BCUT2D eigenvalue weighted by Gasteiger charge is 2.43. The second-order valence-corrected chi connectivity index (χ2v) is 11.5. The van der Waals surface area contributed by atoms with Gasteiger partial charge in [0.25, 0.3) is 0 Å². The van der Waals surface area contributed by atoms with Crippen molar-refractivity contribution in [1.82, 2.24) is 0 Å². The first-order valence-electron chi connectivity index (χ1n) is 15.2. The Morgan fingerprint density at radius 2 is 1.33 bits per heavy atom. The van der Waals surface area contributed by atoms with E-state index in [1.165, 1.54) is 0 Å². The Morgan fingerprint density at radius 3 is 2.05 bits per heavy atom. The van der Waals surface area contributed by atoms with Crippen LogP contribution in [0, 0.1) is 11.8 Å². The van der Waals surface area contributed by atoms with Crippen LogP contribution >= 0.6 is 0 Å². The zero-order chi connectivity index (χ0) is 29.6. The Balaban J connectivity index is 1.45. The van der Waals surface area contributed by atoms with Crippen molar-refractivity contribution in [3.63, 3.8) is 0 Å². The summed E-state index contributed by atoms with van der Waals surface area (Å²) in [5.74, 6) is -0.0334. The van der Waals surface area contributed by atoms with Crippen LogP contribution in [-0.4, -0.2) is 10.2 Å². The van der Waals surface area contributed by atoms with Gasteiger partial charge in [-0.15, -0.1) is 0 Å². The highest BCUT2D eigenvalue weighted by molar-refractivity contribution is 5.70. The third-order valence-corrected chi connectivity index (χ3v) is 8.82. The Labute approximate surface area is 255 Å². The maximum absolute atomic E-state index is 13.1. The molecule has 2 N–H and O–H groups in total. The molecule has 0 spiro atoms. The summed E-state index contributed by atoms with van der Waals surface area (Å²) in [5.41, 5.74) is 6.45. The highest BCUT2D eigenvalue weighted by atomic mass is 16.3. The molecule has 4 aromatic rings. The molecule has 0 heterocycles. The van der Waals surface area contributed by atoms with Crippen molar-refractivity contribution in [2.75, 3.05) is 0 Å². The third-order valence-electron chi connectivity index (χ3n) is 8.82. The van der Waals surface area contributed by atoms with E-state index in [1.54, 1.807) is 0 Å². The Bertz CT molecular complexity index is 1710. The Morgan fingerprint density at radius 1 is 0.721 bits per heavy atom.